The highest BCUT2D eigenvalue weighted by molar-refractivity contribution is 8.07. The highest BCUT2D eigenvalue weighted by Crippen LogP contribution is 2.55. The fourth-order valence-corrected chi connectivity index (χ4v) is 13.1. The van der Waals surface area contributed by atoms with Gasteiger partial charge in [-0.05, 0) is 60.1 Å². The normalized spacial score (nSPS) is 26.5. The smallest absolute Gasteiger partial charge is 0.412 e. The fourth-order valence-electron chi connectivity index (χ4n) is 10.3. The summed E-state index contributed by atoms with van der Waals surface area (Å²) in [7, 11) is 1.39. The number of hydrogen-bond donors (Lipinski definition) is 8. The molecule has 498 valence electrons. The number of amides is 8. The number of halogens is 2. The van der Waals surface area contributed by atoms with Crippen molar-refractivity contribution in [3.63, 3.8) is 0 Å². The number of hydrogen-bond acceptors (Lipinski definition) is 25. The van der Waals surface area contributed by atoms with Crippen LogP contribution >= 0.6 is 13.4 Å². The van der Waals surface area contributed by atoms with Gasteiger partial charge in [0.25, 0.3) is 0 Å². The van der Waals surface area contributed by atoms with Crippen molar-refractivity contribution in [2.75, 3.05) is 62.9 Å². The largest absolute Gasteiger partial charge is 0.447 e. The zero-order chi connectivity index (χ0) is 66.3. The van der Waals surface area contributed by atoms with Crippen LogP contribution in [0.2, 0.25) is 0 Å². The molecule has 0 saturated carbocycles. The summed E-state index contributed by atoms with van der Waals surface area (Å²) in [5, 5.41) is 10.4. The first-order valence-electron chi connectivity index (χ1n) is 28.6. The summed E-state index contributed by atoms with van der Waals surface area (Å²) in [6, 6.07) is 4.52. The Kier molecular flexibility index (Phi) is 22.2. The average molecular weight is 1370 g/mol. The number of imide groups is 1. The molecule has 4 bridgehead atoms. The maximum atomic E-state index is 16.5. The number of nitrogens with zero attached hydrogens (tertiary/aromatic N) is 10. The van der Waals surface area contributed by atoms with Gasteiger partial charge in [0.05, 0.1) is 38.5 Å². The zero-order valence-electron chi connectivity index (χ0n) is 49.6. The molecule has 3 unspecified atom stereocenters. The molecule has 0 aliphatic carbocycles. The number of rotatable bonds is 22. The molecule has 10 N–H and O–H groups in total. The van der Waals surface area contributed by atoms with Gasteiger partial charge in [-0.15, -0.1) is 0 Å². The molecule has 8 heterocycles. The summed E-state index contributed by atoms with van der Waals surface area (Å²) in [5.41, 5.74) is 12.1. The van der Waals surface area contributed by atoms with Gasteiger partial charge in [0.15, 0.2) is 59.0 Å². The maximum absolute atomic E-state index is 16.5. The lowest BCUT2D eigenvalue weighted by Crippen LogP contribution is -2.46. The molecular formula is C52H66F2N16O18P2S2. The fraction of sp³-hybridized carbons (Fsp3) is 0.538. The number of fused-ring (bicyclic) bond motifs is 6. The quantitative estimate of drug-likeness (QED) is 0.0280. The van der Waals surface area contributed by atoms with Gasteiger partial charge < -0.3 is 70.1 Å². The van der Waals surface area contributed by atoms with Crippen molar-refractivity contribution in [3.05, 3.63) is 55.1 Å². The molecule has 40 heteroatoms. The molecule has 4 fully saturated rings. The molecule has 4 aliphatic heterocycles. The zero-order valence-corrected chi connectivity index (χ0v) is 53.0. The highest BCUT2D eigenvalue weighted by Gasteiger charge is 2.54. The Morgan fingerprint density at radius 3 is 2.03 bits per heavy atom. The van der Waals surface area contributed by atoms with Crippen LogP contribution in [0.15, 0.2) is 49.6 Å². The number of alkyl halides is 2. The molecular weight excluding hydrogens is 1300 g/mol. The standard InChI is InChI=1S/C52H66F2N16O18P2S2/c1-25(2)37(65-33(72)11-13-68-34(73)16-26(3)47(68)75)30(71)17-28(6-5-12-57-50(56)76)46(74)64-29-9-7-27(8-10-29)18-82-52(78)67(4)14-15-81-51(77)66-43-39-45(61-22-59-43)70(24-63-39)49-41-36(54)32(86-49)20-84-89(79,91)87-40-35(53)31(19-83-90(80,92)88-41)85-48(40)69-23-62-38-42(55)58-21-60-44(38)69/h7-10,21-26,28,31-32,35-37,40-41,48-49H,5-6,11-20H2,1-4H3,(H,64,74)(H,65,72)(H,79,91)(H,80,92)(H2,55,58,60)(H3,56,57,76)(H,59,61,66,77)/t26?,28-,31-,32-,35-,36-,37+,40-,41-,48-,49-,89?,90?/m1/s1. The molecule has 4 aliphatic rings. The SMILES string of the molecule is CC1CC(=O)N(CCC(=O)N[C@H](C(=O)C[C@@H](CCCNC(N)=O)C(=O)Nc2ccc(COC(=O)N(C)CCOC(=O)Nc3ncnc4c3ncn4[C@@H]3O[C@@H]4COP(O)(=S)O[C@@H]5[C@H](F)[C@@H](COP(O)(=S)O[C@@H]3[C@@H]4F)O[C@H]5n3cnc4c(N)ncnc43)cc2)C(C)C)C1=O. The molecule has 5 aromatic rings. The number of carbonyl (C=O) groups excluding carboxylic acids is 8. The van der Waals surface area contributed by atoms with Crippen molar-refractivity contribution in [1.82, 2.24) is 59.5 Å². The van der Waals surface area contributed by atoms with E-state index in [2.05, 4.69) is 51.2 Å². The van der Waals surface area contributed by atoms with Gasteiger partial charge >= 0.3 is 31.7 Å². The molecule has 0 spiro atoms. The van der Waals surface area contributed by atoms with Gasteiger partial charge in [-0.1, -0.05) is 32.9 Å². The minimum Gasteiger partial charge on any atom is -0.447 e. The third kappa shape index (κ3) is 16.6. The Hall–Kier alpha value is -7.48. The lowest BCUT2D eigenvalue weighted by Gasteiger charge is -2.27. The monoisotopic (exact) mass is 1370 g/mol. The Morgan fingerprint density at radius 1 is 0.848 bits per heavy atom. The number of primary amides is 1. The van der Waals surface area contributed by atoms with E-state index in [0.29, 0.717) is 11.3 Å². The number of anilines is 3. The van der Waals surface area contributed by atoms with Gasteiger partial charge in [-0.3, -0.25) is 52.4 Å². The number of likely N-dealkylation sites (tertiary alicyclic amines) is 1. The van der Waals surface area contributed by atoms with E-state index in [1.54, 1.807) is 45.0 Å². The number of ketones is 1. The highest BCUT2D eigenvalue weighted by atomic mass is 32.5. The van der Waals surface area contributed by atoms with Gasteiger partial charge in [-0.25, -0.2) is 53.1 Å². The number of Topliss-reactive ketones (excluding diaryl/α,β-unsaturated/α-hetero) is 1. The second-order valence-electron chi connectivity index (χ2n) is 22.1. The topological polar surface area (TPSA) is 445 Å². The first-order valence-corrected chi connectivity index (χ1v) is 33.8. The number of aromatic nitrogens is 8. The minimum absolute atomic E-state index is 0.00614. The molecule has 92 heavy (non-hydrogen) atoms. The van der Waals surface area contributed by atoms with Gasteiger partial charge in [0.1, 0.15) is 55.8 Å². The van der Waals surface area contributed by atoms with Crippen LogP contribution in [0.25, 0.3) is 22.3 Å². The summed E-state index contributed by atoms with van der Waals surface area (Å²) < 4.78 is 80.4. The Labute approximate surface area is 531 Å². The number of ether oxygens (including phenoxy) is 4. The second-order valence-corrected chi connectivity index (χ2v) is 27.6. The van der Waals surface area contributed by atoms with Crippen molar-refractivity contribution >= 4 is 124 Å². The first-order chi connectivity index (χ1) is 43.7. The number of likely N-dealkylation sites (N-methyl/N-ethyl adjacent to an activating group) is 1. The van der Waals surface area contributed by atoms with E-state index in [9.17, 15) is 48.1 Å². The molecule has 4 saturated heterocycles. The molecule has 8 amide bonds. The van der Waals surface area contributed by atoms with Crippen LogP contribution in [-0.4, -0.2) is 196 Å². The van der Waals surface area contributed by atoms with E-state index in [1.807, 2.05) is 0 Å². The third-order valence-electron chi connectivity index (χ3n) is 15.1. The predicted octanol–water partition coefficient (Wildman–Crippen LogP) is 2.68. The van der Waals surface area contributed by atoms with E-state index >= 15 is 8.78 Å². The van der Waals surface area contributed by atoms with Gasteiger partial charge in [0.2, 0.25) is 23.6 Å². The molecule has 13 atom stereocenters. The van der Waals surface area contributed by atoms with Crippen LogP contribution in [0, 0.1) is 17.8 Å². The van der Waals surface area contributed by atoms with E-state index in [1.165, 1.54) is 22.5 Å². The van der Waals surface area contributed by atoms with Crippen molar-refractivity contribution in [3.8, 4) is 0 Å². The van der Waals surface area contributed by atoms with Crippen LogP contribution in [0.4, 0.5) is 40.5 Å². The van der Waals surface area contributed by atoms with Crippen molar-refractivity contribution in [1.29, 1.82) is 0 Å². The second kappa shape index (κ2) is 29.6. The number of urea groups is 1. The van der Waals surface area contributed by atoms with Crippen molar-refractivity contribution in [2.24, 2.45) is 23.5 Å². The van der Waals surface area contributed by atoms with Crippen LogP contribution in [0.3, 0.4) is 0 Å². The summed E-state index contributed by atoms with van der Waals surface area (Å²) >= 11 is 10.5. The van der Waals surface area contributed by atoms with Crippen molar-refractivity contribution in [2.45, 2.75) is 115 Å². The van der Waals surface area contributed by atoms with Gasteiger partial charge in [0, 0.05) is 56.9 Å². The minimum atomic E-state index is -4.51. The maximum Gasteiger partial charge on any atom is 0.412 e. The number of nitrogens with two attached hydrogens (primary N) is 2. The first kappa shape index (κ1) is 68.9. The summed E-state index contributed by atoms with van der Waals surface area (Å²) in [5.74, 6) is -4.20. The lowest BCUT2D eigenvalue weighted by atomic mass is 9.89. The predicted molar refractivity (Wildman–Crippen MR) is 322 cm³/mol. The number of imidazole rings is 2. The van der Waals surface area contributed by atoms with E-state index in [4.69, 9.17) is 72.1 Å². The van der Waals surface area contributed by atoms with Crippen LogP contribution < -0.4 is 32.7 Å². The molecule has 9 rings (SSSR count). The third-order valence-corrected chi connectivity index (χ3v) is 18.2. The lowest BCUT2D eigenvalue weighted by molar-refractivity contribution is -0.140. The Balaban J connectivity index is 0.751. The summed E-state index contributed by atoms with van der Waals surface area (Å²) in [4.78, 5) is 152. The Morgan fingerprint density at radius 2 is 1.45 bits per heavy atom. The van der Waals surface area contributed by atoms with E-state index < -0.39 is 130 Å². The summed E-state index contributed by atoms with van der Waals surface area (Å²) in [6.07, 6.45) is -11.3. The van der Waals surface area contributed by atoms with E-state index in [0.717, 1.165) is 28.8 Å². The number of nitrogen functional groups attached to an aromatic ring is 1. The molecule has 34 nitrogen and oxygen atoms in total. The van der Waals surface area contributed by atoms with Gasteiger partial charge in [-0.2, -0.15) is 0 Å². The van der Waals surface area contributed by atoms with E-state index in [-0.39, 0.29) is 117 Å². The Bertz CT molecular complexity index is 3690. The number of benzene rings is 1. The van der Waals surface area contributed by atoms with Crippen LogP contribution in [0.1, 0.15) is 70.9 Å². The average Bonchev–Trinajstić information content (AvgIpc) is 1.62. The summed E-state index contributed by atoms with van der Waals surface area (Å²) in [6.45, 7) is -6.18. The number of nitrogens with one attached hydrogen (secondary N) is 4. The molecule has 0 radical (unpaired) electrons. The van der Waals surface area contributed by atoms with Crippen LogP contribution in [0.5, 0.6) is 0 Å². The van der Waals surface area contributed by atoms with Crippen LogP contribution in [-0.2, 0) is 91.2 Å². The van der Waals surface area contributed by atoms with Crippen molar-refractivity contribution < 1.29 is 94.0 Å². The molecule has 4 aromatic heterocycles. The number of carbonyl (C=O) groups is 8. The molecule has 1 aromatic carbocycles.